The van der Waals surface area contributed by atoms with Crippen LogP contribution in [0.4, 0.5) is 5.95 Å². The van der Waals surface area contributed by atoms with Crippen LogP contribution in [0.2, 0.25) is 5.02 Å². The average Bonchev–Trinajstić information content (AvgIpc) is 3.43. The number of rotatable bonds is 4. The van der Waals surface area contributed by atoms with Gasteiger partial charge < -0.3 is 20.0 Å². The van der Waals surface area contributed by atoms with Gasteiger partial charge in [0.2, 0.25) is 5.95 Å². The van der Waals surface area contributed by atoms with E-state index in [2.05, 4.69) is 15.3 Å². The Labute approximate surface area is 181 Å². The Hall–Kier alpha value is -3.04. The number of nitrogens with one attached hydrogen (secondary N) is 2. The minimum Gasteiger partial charge on any atom is -0.391 e. The van der Waals surface area contributed by atoms with Gasteiger partial charge >= 0.3 is 5.69 Å². The number of aliphatic hydroxyl groups is 1. The first-order valence-electron chi connectivity index (χ1n) is 10.2. The zero-order valence-electron chi connectivity index (χ0n) is 17.2. The second kappa shape index (κ2) is 7.28. The van der Waals surface area contributed by atoms with Crippen LogP contribution in [0.5, 0.6) is 0 Å². The molecule has 2 atom stereocenters. The van der Waals surface area contributed by atoms with Gasteiger partial charge in [-0.1, -0.05) is 17.7 Å². The van der Waals surface area contributed by atoms with Gasteiger partial charge in [-0.25, -0.2) is 4.79 Å². The van der Waals surface area contributed by atoms with E-state index in [-0.39, 0.29) is 12.6 Å². The summed E-state index contributed by atoms with van der Waals surface area (Å²) in [5.74, 6) is 0.461. The van der Waals surface area contributed by atoms with Gasteiger partial charge in [0.25, 0.3) is 5.56 Å². The fraction of sp³-hybridized carbons (Fsp3) is 0.381. The maximum Gasteiger partial charge on any atom is 0.332 e. The zero-order valence-corrected chi connectivity index (χ0v) is 18.0. The van der Waals surface area contributed by atoms with Crippen LogP contribution < -0.4 is 16.6 Å². The SMILES string of the molecule is Cn1c(N[C@H]2CCC[C@H]2O)nc2c1c(=O)n(Cc1cc3c(Cl)cccc3[nH]1)c(=O)n2C. The molecule has 3 heterocycles. The summed E-state index contributed by atoms with van der Waals surface area (Å²) in [6.07, 6.45) is 2.05. The monoisotopic (exact) mass is 442 g/mol. The Morgan fingerprint density at radius 3 is 2.77 bits per heavy atom. The number of H-pyrrole nitrogens is 1. The molecule has 1 aliphatic rings. The highest BCUT2D eigenvalue weighted by atomic mass is 35.5. The molecule has 162 valence electrons. The topological polar surface area (TPSA) is 110 Å². The lowest BCUT2D eigenvalue weighted by Crippen LogP contribution is -2.39. The molecule has 10 heteroatoms. The van der Waals surface area contributed by atoms with E-state index in [1.807, 2.05) is 18.2 Å². The quantitative estimate of drug-likeness (QED) is 0.447. The lowest BCUT2D eigenvalue weighted by Gasteiger charge is -2.16. The molecule has 3 N–H and O–H groups in total. The summed E-state index contributed by atoms with van der Waals surface area (Å²) >= 11 is 6.25. The van der Waals surface area contributed by atoms with Crippen molar-refractivity contribution in [2.45, 2.75) is 38.0 Å². The summed E-state index contributed by atoms with van der Waals surface area (Å²) in [6.45, 7) is 0.0851. The molecular weight excluding hydrogens is 420 g/mol. The van der Waals surface area contributed by atoms with Gasteiger partial charge in [0.1, 0.15) is 0 Å². The van der Waals surface area contributed by atoms with Crippen molar-refractivity contribution < 1.29 is 5.11 Å². The maximum absolute atomic E-state index is 13.3. The Morgan fingerprint density at radius 1 is 1.26 bits per heavy atom. The van der Waals surface area contributed by atoms with Crippen LogP contribution in [0.3, 0.4) is 0 Å². The Balaban J connectivity index is 1.60. The highest BCUT2D eigenvalue weighted by Crippen LogP contribution is 2.25. The van der Waals surface area contributed by atoms with Crippen LogP contribution in [0.15, 0.2) is 33.9 Å². The minimum atomic E-state index is -0.451. The molecular formula is C21H23ClN6O3. The third-order valence-corrected chi connectivity index (χ3v) is 6.48. The molecule has 1 fully saturated rings. The molecule has 0 saturated heterocycles. The first-order chi connectivity index (χ1) is 14.8. The number of aliphatic hydroxyl groups excluding tert-OH is 1. The molecule has 5 rings (SSSR count). The van der Waals surface area contributed by atoms with Gasteiger partial charge in [-0.3, -0.25) is 13.9 Å². The highest BCUT2D eigenvalue weighted by Gasteiger charge is 2.27. The van der Waals surface area contributed by atoms with Gasteiger partial charge in [0.15, 0.2) is 11.2 Å². The van der Waals surface area contributed by atoms with Gasteiger partial charge in [0.05, 0.1) is 18.7 Å². The fourth-order valence-corrected chi connectivity index (χ4v) is 4.65. The second-order valence-corrected chi connectivity index (χ2v) is 8.55. The molecule has 0 bridgehead atoms. The molecule has 1 aliphatic carbocycles. The summed E-state index contributed by atoms with van der Waals surface area (Å²) in [6, 6.07) is 7.26. The van der Waals surface area contributed by atoms with Crippen LogP contribution in [-0.2, 0) is 20.6 Å². The Kier molecular flexibility index (Phi) is 4.67. The molecule has 0 aliphatic heterocycles. The van der Waals surface area contributed by atoms with E-state index in [1.165, 1.54) is 9.13 Å². The summed E-state index contributed by atoms with van der Waals surface area (Å²) in [5, 5.41) is 14.8. The molecule has 4 aromatic rings. The smallest absolute Gasteiger partial charge is 0.332 e. The predicted octanol–water partition coefficient (Wildman–Crippen LogP) is 1.94. The van der Waals surface area contributed by atoms with Crippen LogP contribution in [0.1, 0.15) is 25.0 Å². The third-order valence-electron chi connectivity index (χ3n) is 6.15. The number of imidazole rings is 1. The summed E-state index contributed by atoms with van der Waals surface area (Å²) in [4.78, 5) is 34.0. The number of hydrogen-bond donors (Lipinski definition) is 3. The van der Waals surface area contributed by atoms with E-state index in [9.17, 15) is 14.7 Å². The van der Waals surface area contributed by atoms with E-state index in [0.717, 1.165) is 30.2 Å². The third kappa shape index (κ3) is 3.16. The number of nitrogens with zero attached hydrogens (tertiary/aromatic N) is 4. The summed E-state index contributed by atoms with van der Waals surface area (Å²) in [5.41, 5.74) is 1.31. The first-order valence-corrected chi connectivity index (χ1v) is 10.6. The minimum absolute atomic E-state index is 0.0851. The first kappa shape index (κ1) is 19.9. The van der Waals surface area contributed by atoms with E-state index in [4.69, 9.17) is 11.6 Å². The van der Waals surface area contributed by atoms with Crippen molar-refractivity contribution in [1.29, 1.82) is 0 Å². The maximum atomic E-state index is 13.3. The van der Waals surface area contributed by atoms with E-state index >= 15 is 0 Å². The van der Waals surface area contributed by atoms with Crippen molar-refractivity contribution in [1.82, 2.24) is 23.7 Å². The average molecular weight is 443 g/mol. The summed E-state index contributed by atoms with van der Waals surface area (Å²) < 4.78 is 4.22. The number of hydrogen-bond acceptors (Lipinski definition) is 5. The van der Waals surface area contributed by atoms with Gasteiger partial charge in [-0.15, -0.1) is 0 Å². The van der Waals surface area contributed by atoms with Crippen molar-refractivity contribution >= 4 is 39.6 Å². The molecule has 0 radical (unpaired) electrons. The second-order valence-electron chi connectivity index (χ2n) is 8.14. The molecule has 3 aromatic heterocycles. The highest BCUT2D eigenvalue weighted by molar-refractivity contribution is 6.35. The number of aromatic amines is 1. The van der Waals surface area contributed by atoms with Crippen LogP contribution in [0.25, 0.3) is 22.1 Å². The number of benzene rings is 1. The van der Waals surface area contributed by atoms with Crippen LogP contribution in [0, 0.1) is 0 Å². The van der Waals surface area contributed by atoms with Crippen molar-refractivity contribution in [3.05, 3.63) is 55.8 Å². The Bertz CT molecular complexity index is 1430. The van der Waals surface area contributed by atoms with Gasteiger partial charge in [-0.05, 0) is 37.5 Å². The fourth-order valence-electron chi connectivity index (χ4n) is 4.42. The normalized spacial score (nSPS) is 19.0. The Morgan fingerprint density at radius 2 is 2.06 bits per heavy atom. The lowest BCUT2D eigenvalue weighted by atomic mass is 10.2. The molecule has 0 amide bonds. The number of fused-ring (bicyclic) bond motifs is 2. The van der Waals surface area contributed by atoms with Gasteiger partial charge in [-0.2, -0.15) is 4.98 Å². The van der Waals surface area contributed by atoms with E-state index in [1.54, 1.807) is 24.7 Å². The van der Waals surface area contributed by atoms with Crippen LogP contribution >= 0.6 is 11.6 Å². The molecule has 9 nitrogen and oxygen atoms in total. The number of aryl methyl sites for hydroxylation is 2. The van der Waals surface area contributed by atoms with Crippen molar-refractivity contribution in [2.24, 2.45) is 14.1 Å². The predicted molar refractivity (Wildman–Crippen MR) is 120 cm³/mol. The number of anilines is 1. The summed E-state index contributed by atoms with van der Waals surface area (Å²) in [7, 11) is 3.34. The molecule has 0 spiro atoms. The standard InChI is InChI=1S/C21H23ClN6O3/c1-26-17-18(25-20(26)24-15-7-4-8-16(15)29)27(2)21(31)28(19(17)30)10-11-9-12-13(22)5-3-6-14(12)23-11/h3,5-6,9,15-16,23,29H,4,7-8,10H2,1-2H3,(H,24,25)/t15-,16+/m0/s1. The molecule has 0 unspecified atom stereocenters. The number of halogens is 1. The molecule has 1 saturated carbocycles. The van der Waals surface area contributed by atoms with E-state index in [0.29, 0.717) is 27.8 Å². The zero-order chi connectivity index (χ0) is 21.9. The lowest BCUT2D eigenvalue weighted by molar-refractivity contribution is 0.171. The molecule has 1 aromatic carbocycles. The van der Waals surface area contributed by atoms with Gasteiger partial charge in [0, 0.05) is 35.7 Å². The largest absolute Gasteiger partial charge is 0.391 e. The molecule has 31 heavy (non-hydrogen) atoms. The van der Waals surface area contributed by atoms with E-state index < -0.39 is 17.4 Å². The van der Waals surface area contributed by atoms with Crippen molar-refractivity contribution in [2.75, 3.05) is 5.32 Å². The van der Waals surface area contributed by atoms with Crippen LogP contribution in [-0.4, -0.2) is 40.9 Å². The number of aromatic nitrogens is 5. The van der Waals surface area contributed by atoms with Crippen molar-refractivity contribution in [3.63, 3.8) is 0 Å². The van der Waals surface area contributed by atoms with Crippen molar-refractivity contribution in [3.8, 4) is 0 Å².